The number of halogens is 1. The molecule has 2 rings (SSSR count). The molecule has 4 heteroatoms. The van der Waals surface area contributed by atoms with Crippen LogP contribution in [0, 0.1) is 0 Å². The van der Waals surface area contributed by atoms with E-state index in [0.29, 0.717) is 12.2 Å². The van der Waals surface area contributed by atoms with Gasteiger partial charge in [-0.3, -0.25) is 4.90 Å². The van der Waals surface area contributed by atoms with Crippen LogP contribution in [0.2, 0.25) is 0 Å². The summed E-state index contributed by atoms with van der Waals surface area (Å²) in [5, 5.41) is 0. The normalized spacial score (nSPS) is 28.2. The Morgan fingerprint density at radius 1 is 1.33 bits per heavy atom. The highest BCUT2D eigenvalue weighted by atomic mass is 79.9. The molecule has 0 saturated carbocycles. The van der Waals surface area contributed by atoms with E-state index < -0.39 is 0 Å². The highest BCUT2D eigenvalue weighted by molar-refractivity contribution is 9.10. The Hall–Kier alpha value is -0.320. The van der Waals surface area contributed by atoms with Crippen LogP contribution in [-0.2, 0) is 11.3 Å². The molecule has 0 N–H and O–H groups in total. The smallest absolute Gasteiger partial charge is 0.169 e. The molecule has 15 heavy (non-hydrogen) atoms. The number of morpholine rings is 1. The molecule has 1 aromatic heterocycles. The fourth-order valence-electron chi connectivity index (χ4n) is 2.07. The summed E-state index contributed by atoms with van der Waals surface area (Å²) in [6.45, 7) is 7.04. The lowest BCUT2D eigenvalue weighted by atomic mass is 10.2. The van der Waals surface area contributed by atoms with Gasteiger partial charge in [0.15, 0.2) is 4.67 Å². The third kappa shape index (κ3) is 3.06. The number of ether oxygens (including phenoxy) is 1. The van der Waals surface area contributed by atoms with E-state index in [1.165, 1.54) is 0 Å². The monoisotopic (exact) mass is 273 g/mol. The van der Waals surface area contributed by atoms with E-state index in [1.807, 2.05) is 12.1 Å². The van der Waals surface area contributed by atoms with Crippen LogP contribution in [0.25, 0.3) is 0 Å². The zero-order chi connectivity index (χ0) is 10.8. The van der Waals surface area contributed by atoms with Crippen LogP contribution in [0.5, 0.6) is 0 Å². The number of furan rings is 1. The first-order valence-electron chi connectivity index (χ1n) is 5.25. The summed E-state index contributed by atoms with van der Waals surface area (Å²) in [5.41, 5.74) is 0. The van der Waals surface area contributed by atoms with Crippen molar-refractivity contribution in [2.75, 3.05) is 13.1 Å². The second-order valence-corrected chi connectivity index (χ2v) is 4.94. The topological polar surface area (TPSA) is 25.6 Å². The summed E-state index contributed by atoms with van der Waals surface area (Å²) in [7, 11) is 0. The summed E-state index contributed by atoms with van der Waals surface area (Å²) in [4.78, 5) is 2.37. The molecular weight excluding hydrogens is 258 g/mol. The summed E-state index contributed by atoms with van der Waals surface area (Å²) in [5.74, 6) is 1.00. The SMILES string of the molecule is CC1CN(Cc2ccc(Br)o2)CC(C)O1. The van der Waals surface area contributed by atoms with Crippen molar-refractivity contribution < 1.29 is 9.15 Å². The van der Waals surface area contributed by atoms with Crippen LogP contribution in [-0.4, -0.2) is 30.2 Å². The van der Waals surface area contributed by atoms with E-state index in [0.717, 1.165) is 30.1 Å². The molecule has 2 unspecified atom stereocenters. The second kappa shape index (κ2) is 4.68. The van der Waals surface area contributed by atoms with Crippen LogP contribution in [0.15, 0.2) is 21.2 Å². The third-order valence-corrected chi connectivity index (χ3v) is 2.93. The molecule has 0 spiro atoms. The fourth-order valence-corrected chi connectivity index (χ4v) is 2.41. The summed E-state index contributed by atoms with van der Waals surface area (Å²) in [6, 6.07) is 3.94. The van der Waals surface area contributed by atoms with E-state index in [2.05, 4.69) is 34.7 Å². The highest BCUT2D eigenvalue weighted by Crippen LogP contribution is 2.18. The molecule has 0 aliphatic carbocycles. The molecule has 0 amide bonds. The van der Waals surface area contributed by atoms with Crippen molar-refractivity contribution in [3.05, 3.63) is 22.6 Å². The molecule has 1 fully saturated rings. The van der Waals surface area contributed by atoms with Gasteiger partial charge in [0.25, 0.3) is 0 Å². The Bertz CT molecular complexity index is 316. The average Bonchev–Trinajstić information content (AvgIpc) is 2.49. The van der Waals surface area contributed by atoms with Crippen LogP contribution in [0.3, 0.4) is 0 Å². The van der Waals surface area contributed by atoms with Gasteiger partial charge in [0.05, 0.1) is 18.8 Å². The molecular formula is C11H16BrNO2. The maximum absolute atomic E-state index is 5.68. The van der Waals surface area contributed by atoms with E-state index in [9.17, 15) is 0 Å². The van der Waals surface area contributed by atoms with Gasteiger partial charge in [0, 0.05) is 13.1 Å². The van der Waals surface area contributed by atoms with Crippen molar-refractivity contribution >= 4 is 15.9 Å². The summed E-state index contributed by atoms with van der Waals surface area (Å²) in [6.07, 6.45) is 0.624. The quantitative estimate of drug-likeness (QED) is 0.829. The molecule has 2 atom stereocenters. The first-order chi connectivity index (χ1) is 7.13. The van der Waals surface area contributed by atoms with E-state index in [1.54, 1.807) is 0 Å². The minimum absolute atomic E-state index is 0.312. The second-order valence-electron chi connectivity index (χ2n) is 4.16. The summed E-state index contributed by atoms with van der Waals surface area (Å²) < 4.78 is 12.0. The fraction of sp³-hybridized carbons (Fsp3) is 0.636. The lowest BCUT2D eigenvalue weighted by molar-refractivity contribution is -0.0718. The molecule has 1 aliphatic rings. The Kier molecular flexibility index (Phi) is 3.49. The predicted octanol–water partition coefficient (Wildman–Crippen LogP) is 2.65. The zero-order valence-electron chi connectivity index (χ0n) is 9.07. The largest absolute Gasteiger partial charge is 0.453 e. The molecule has 0 bridgehead atoms. The van der Waals surface area contributed by atoms with Gasteiger partial charge in [0.1, 0.15) is 5.76 Å². The molecule has 2 heterocycles. The number of nitrogens with zero attached hydrogens (tertiary/aromatic N) is 1. The van der Waals surface area contributed by atoms with Crippen LogP contribution < -0.4 is 0 Å². The average molecular weight is 274 g/mol. The molecule has 3 nitrogen and oxygen atoms in total. The lowest BCUT2D eigenvalue weighted by Gasteiger charge is -2.34. The van der Waals surface area contributed by atoms with Crippen molar-refractivity contribution in [2.45, 2.75) is 32.6 Å². The van der Waals surface area contributed by atoms with Gasteiger partial charge in [-0.15, -0.1) is 0 Å². The zero-order valence-corrected chi connectivity index (χ0v) is 10.7. The van der Waals surface area contributed by atoms with E-state index >= 15 is 0 Å². The first-order valence-corrected chi connectivity index (χ1v) is 6.05. The molecule has 84 valence electrons. The molecule has 0 radical (unpaired) electrons. The molecule has 1 saturated heterocycles. The van der Waals surface area contributed by atoms with Crippen molar-refractivity contribution in [3.63, 3.8) is 0 Å². The maximum atomic E-state index is 5.68. The summed E-state index contributed by atoms with van der Waals surface area (Å²) >= 11 is 3.31. The minimum Gasteiger partial charge on any atom is -0.453 e. The van der Waals surface area contributed by atoms with Gasteiger partial charge in [-0.25, -0.2) is 0 Å². The number of rotatable bonds is 2. The Morgan fingerprint density at radius 3 is 2.53 bits per heavy atom. The number of hydrogen-bond donors (Lipinski definition) is 0. The van der Waals surface area contributed by atoms with Crippen molar-refractivity contribution in [2.24, 2.45) is 0 Å². The van der Waals surface area contributed by atoms with E-state index in [-0.39, 0.29) is 0 Å². The Balaban J connectivity index is 1.94. The van der Waals surface area contributed by atoms with Gasteiger partial charge >= 0.3 is 0 Å². The van der Waals surface area contributed by atoms with Gasteiger partial charge < -0.3 is 9.15 Å². The van der Waals surface area contributed by atoms with Gasteiger partial charge in [-0.1, -0.05) is 0 Å². The molecule has 0 aromatic carbocycles. The standard InChI is InChI=1S/C11H16BrNO2/c1-8-5-13(6-9(2)14-8)7-10-3-4-11(12)15-10/h3-4,8-9H,5-7H2,1-2H3. The van der Waals surface area contributed by atoms with Crippen LogP contribution in [0.4, 0.5) is 0 Å². The van der Waals surface area contributed by atoms with Gasteiger partial charge in [-0.05, 0) is 41.9 Å². The minimum atomic E-state index is 0.312. The van der Waals surface area contributed by atoms with Crippen LogP contribution in [0.1, 0.15) is 19.6 Å². The van der Waals surface area contributed by atoms with Crippen molar-refractivity contribution in [3.8, 4) is 0 Å². The third-order valence-electron chi connectivity index (χ3n) is 2.50. The number of hydrogen-bond acceptors (Lipinski definition) is 3. The Morgan fingerprint density at radius 2 is 2.00 bits per heavy atom. The Labute approximate surface area is 98.5 Å². The van der Waals surface area contributed by atoms with E-state index in [4.69, 9.17) is 9.15 Å². The van der Waals surface area contributed by atoms with Crippen molar-refractivity contribution in [1.29, 1.82) is 0 Å². The van der Waals surface area contributed by atoms with Crippen molar-refractivity contribution in [1.82, 2.24) is 4.90 Å². The van der Waals surface area contributed by atoms with Crippen LogP contribution >= 0.6 is 15.9 Å². The molecule has 1 aliphatic heterocycles. The first kappa shape index (κ1) is 11.2. The van der Waals surface area contributed by atoms with Gasteiger partial charge in [-0.2, -0.15) is 0 Å². The molecule has 1 aromatic rings. The van der Waals surface area contributed by atoms with Gasteiger partial charge in [0.2, 0.25) is 0 Å². The predicted molar refractivity (Wildman–Crippen MR) is 61.7 cm³/mol. The highest BCUT2D eigenvalue weighted by Gasteiger charge is 2.22. The maximum Gasteiger partial charge on any atom is 0.169 e. The lowest BCUT2D eigenvalue weighted by Crippen LogP contribution is -2.44.